The Balaban J connectivity index is 1.87. The molecule has 0 spiro atoms. The first kappa shape index (κ1) is 26.4. The number of carbonyl (C=O) groups is 1. The van der Waals surface area contributed by atoms with Crippen LogP contribution < -0.4 is 15.0 Å². The van der Waals surface area contributed by atoms with Crippen molar-refractivity contribution < 1.29 is 28.2 Å². The number of alkyl halides is 2. The zero-order valence-corrected chi connectivity index (χ0v) is 22.3. The maximum absolute atomic E-state index is 13.9. The Morgan fingerprint density at radius 3 is 2.54 bits per heavy atom. The molecule has 4 aromatic rings. The summed E-state index contributed by atoms with van der Waals surface area (Å²) >= 11 is 0. The van der Waals surface area contributed by atoms with E-state index in [1.165, 1.54) is 30.9 Å². The molecule has 0 bridgehead atoms. The van der Waals surface area contributed by atoms with Gasteiger partial charge in [0.1, 0.15) is 28.4 Å². The van der Waals surface area contributed by atoms with Crippen LogP contribution >= 0.6 is 0 Å². The summed E-state index contributed by atoms with van der Waals surface area (Å²) in [7, 11) is 3.02. The molecule has 1 unspecified atom stereocenters. The Morgan fingerprint density at radius 1 is 1.18 bits per heavy atom. The number of pyridine rings is 2. The van der Waals surface area contributed by atoms with Crippen molar-refractivity contribution in [2.45, 2.75) is 46.1 Å². The van der Waals surface area contributed by atoms with Crippen molar-refractivity contribution in [3.8, 4) is 22.9 Å². The Hall–Kier alpha value is -4.21. The molecule has 0 radical (unpaired) electrons. The number of nitrogens with zero attached hydrogens (tertiary/aromatic N) is 3. The lowest BCUT2D eigenvalue weighted by Gasteiger charge is -2.36. The minimum Gasteiger partial charge on any atom is -0.497 e. The number of benzene rings is 1. The van der Waals surface area contributed by atoms with E-state index in [0.29, 0.717) is 46.1 Å². The molecule has 0 saturated heterocycles. The van der Waals surface area contributed by atoms with Gasteiger partial charge >= 0.3 is 5.97 Å². The summed E-state index contributed by atoms with van der Waals surface area (Å²) in [5, 5.41) is 9.97. The maximum atomic E-state index is 13.9. The molecule has 5 rings (SSSR count). The normalized spacial score (nSPS) is 14.8. The van der Waals surface area contributed by atoms with Gasteiger partial charge in [0.15, 0.2) is 0 Å². The van der Waals surface area contributed by atoms with Crippen molar-refractivity contribution in [1.82, 2.24) is 14.0 Å². The van der Waals surface area contributed by atoms with Crippen LogP contribution in [0.2, 0.25) is 0 Å². The summed E-state index contributed by atoms with van der Waals surface area (Å²) in [6.45, 7) is 6.06. The molecule has 0 aliphatic heterocycles. The highest BCUT2D eigenvalue weighted by Crippen LogP contribution is 2.47. The first-order valence-corrected chi connectivity index (χ1v) is 12.5. The summed E-state index contributed by atoms with van der Waals surface area (Å²) in [5.74, 6) is -0.558. The number of aromatic nitrogens is 3. The number of imidazole rings is 1. The van der Waals surface area contributed by atoms with E-state index in [2.05, 4.69) is 4.98 Å². The number of aromatic carboxylic acids is 1. The van der Waals surface area contributed by atoms with Gasteiger partial charge < -0.3 is 23.5 Å². The number of ether oxygens (including phenoxy) is 2. The van der Waals surface area contributed by atoms with Crippen LogP contribution in [-0.4, -0.2) is 39.2 Å². The number of hydrogen-bond acceptors (Lipinski definition) is 5. The van der Waals surface area contributed by atoms with E-state index in [0.717, 1.165) is 0 Å². The molecule has 1 aliphatic carbocycles. The average molecular weight is 538 g/mol. The SMILES string of the molecule is COc1ccc(Cn2c3c(cc(C(=O)O)c2=O)C(C(C)(C)C)Cc2c-3nc3c(C(F)F)cccn23)c(OC)c1. The second kappa shape index (κ2) is 9.52. The van der Waals surface area contributed by atoms with Crippen LogP contribution in [0.4, 0.5) is 8.78 Å². The highest BCUT2D eigenvalue weighted by molar-refractivity contribution is 5.88. The lowest BCUT2D eigenvalue weighted by atomic mass is 9.70. The lowest BCUT2D eigenvalue weighted by molar-refractivity contribution is 0.0694. The van der Waals surface area contributed by atoms with Gasteiger partial charge in [-0.15, -0.1) is 0 Å². The topological polar surface area (TPSA) is 95.1 Å². The molecule has 8 nitrogen and oxygen atoms in total. The van der Waals surface area contributed by atoms with Crippen molar-refractivity contribution in [2.24, 2.45) is 5.41 Å². The van der Waals surface area contributed by atoms with Gasteiger partial charge in [0.2, 0.25) is 0 Å². The number of carboxylic acids is 1. The molecule has 0 amide bonds. The van der Waals surface area contributed by atoms with Gasteiger partial charge in [-0.2, -0.15) is 0 Å². The third-order valence-corrected chi connectivity index (χ3v) is 7.43. The van der Waals surface area contributed by atoms with Crippen molar-refractivity contribution in [3.05, 3.63) is 80.9 Å². The third-order valence-electron chi connectivity index (χ3n) is 7.43. The van der Waals surface area contributed by atoms with Crippen LogP contribution in [0.5, 0.6) is 11.5 Å². The molecule has 3 aromatic heterocycles. The Bertz CT molecular complexity index is 1670. The summed E-state index contributed by atoms with van der Waals surface area (Å²) in [6, 6.07) is 9.47. The fourth-order valence-electron chi connectivity index (χ4n) is 5.44. The predicted octanol–water partition coefficient (Wildman–Crippen LogP) is 5.55. The van der Waals surface area contributed by atoms with Crippen LogP contribution in [0.1, 0.15) is 65.9 Å². The van der Waals surface area contributed by atoms with Gasteiger partial charge in [0.25, 0.3) is 12.0 Å². The van der Waals surface area contributed by atoms with E-state index in [1.54, 1.807) is 34.9 Å². The second-order valence-corrected chi connectivity index (χ2v) is 10.7. The van der Waals surface area contributed by atoms with E-state index in [-0.39, 0.29) is 34.7 Å². The van der Waals surface area contributed by atoms with Crippen LogP contribution in [0.25, 0.3) is 17.0 Å². The van der Waals surface area contributed by atoms with E-state index in [4.69, 9.17) is 9.47 Å². The number of carboxylic acid groups (broad SMARTS) is 1. The minimum atomic E-state index is -2.74. The number of hydrogen-bond donors (Lipinski definition) is 1. The number of methoxy groups -OCH3 is 2. The number of fused-ring (bicyclic) bond motifs is 5. The van der Waals surface area contributed by atoms with Crippen molar-refractivity contribution in [3.63, 3.8) is 0 Å². The highest BCUT2D eigenvalue weighted by atomic mass is 19.3. The molecule has 1 N–H and O–H groups in total. The standard InChI is InChI=1S/C29H29F2N3O5/c1-29(2,3)20-13-21-23(32-26-17(25(30)31)7-6-10-33(21)26)24-18(20)12-19(28(36)37)27(35)34(24)14-15-8-9-16(38-4)11-22(15)39-5/h6-12,20,25H,13-14H2,1-5H3,(H,36,37). The van der Waals surface area contributed by atoms with Gasteiger partial charge in [-0.05, 0) is 53.6 Å². The van der Waals surface area contributed by atoms with Crippen molar-refractivity contribution in [1.29, 1.82) is 0 Å². The Labute approximate surface area is 223 Å². The zero-order chi connectivity index (χ0) is 28.2. The molecular weight excluding hydrogens is 508 g/mol. The third kappa shape index (κ3) is 4.33. The largest absolute Gasteiger partial charge is 0.497 e. The van der Waals surface area contributed by atoms with Gasteiger partial charge in [-0.25, -0.2) is 18.6 Å². The van der Waals surface area contributed by atoms with E-state index in [9.17, 15) is 23.5 Å². The van der Waals surface area contributed by atoms with E-state index >= 15 is 0 Å². The molecule has 3 heterocycles. The molecule has 0 fully saturated rings. The molecule has 39 heavy (non-hydrogen) atoms. The maximum Gasteiger partial charge on any atom is 0.341 e. The monoisotopic (exact) mass is 537 g/mol. The van der Waals surface area contributed by atoms with Gasteiger partial charge in [-0.1, -0.05) is 20.8 Å². The predicted molar refractivity (Wildman–Crippen MR) is 141 cm³/mol. The van der Waals surface area contributed by atoms with E-state index < -0.39 is 18.0 Å². The van der Waals surface area contributed by atoms with Crippen LogP contribution in [0.15, 0.2) is 47.4 Å². The smallest absolute Gasteiger partial charge is 0.341 e. The van der Waals surface area contributed by atoms with Crippen molar-refractivity contribution >= 4 is 11.6 Å². The molecule has 1 atom stereocenters. The summed E-state index contributed by atoms with van der Waals surface area (Å²) < 4.78 is 41.8. The molecular formula is C29H29F2N3O5. The van der Waals surface area contributed by atoms with Gasteiger partial charge in [0.05, 0.1) is 37.7 Å². The average Bonchev–Trinajstić information content (AvgIpc) is 3.27. The molecule has 0 saturated carbocycles. The van der Waals surface area contributed by atoms with Crippen LogP contribution in [0, 0.1) is 5.41 Å². The van der Waals surface area contributed by atoms with Crippen LogP contribution in [-0.2, 0) is 13.0 Å². The van der Waals surface area contributed by atoms with Gasteiger partial charge in [0, 0.05) is 17.8 Å². The number of rotatable bonds is 6. The lowest BCUT2D eigenvalue weighted by Crippen LogP contribution is -2.34. The molecule has 1 aromatic carbocycles. The van der Waals surface area contributed by atoms with E-state index in [1.807, 2.05) is 20.8 Å². The first-order valence-electron chi connectivity index (χ1n) is 12.5. The quantitative estimate of drug-likeness (QED) is 0.347. The summed E-state index contributed by atoms with van der Waals surface area (Å²) in [4.78, 5) is 30.6. The fourth-order valence-corrected chi connectivity index (χ4v) is 5.44. The zero-order valence-electron chi connectivity index (χ0n) is 22.3. The Kier molecular flexibility index (Phi) is 6.44. The summed E-state index contributed by atoms with van der Waals surface area (Å²) in [5.41, 5.74) is 1.22. The molecule has 1 aliphatic rings. The number of halogens is 2. The Morgan fingerprint density at radius 2 is 1.92 bits per heavy atom. The minimum absolute atomic E-state index is 0.0265. The van der Waals surface area contributed by atoms with Crippen molar-refractivity contribution in [2.75, 3.05) is 14.2 Å². The highest BCUT2D eigenvalue weighted by Gasteiger charge is 2.39. The second-order valence-electron chi connectivity index (χ2n) is 10.7. The first-order chi connectivity index (χ1) is 18.5. The fraction of sp³-hybridized carbons (Fsp3) is 0.345. The summed E-state index contributed by atoms with van der Waals surface area (Å²) in [6.07, 6.45) is -0.614. The van der Waals surface area contributed by atoms with Crippen LogP contribution in [0.3, 0.4) is 0 Å². The van der Waals surface area contributed by atoms with Gasteiger partial charge in [-0.3, -0.25) is 4.79 Å². The molecule has 204 valence electrons. The molecule has 10 heteroatoms.